The lowest BCUT2D eigenvalue weighted by atomic mass is 10.3. The van der Waals surface area contributed by atoms with Crippen LogP contribution in [-0.2, 0) is 9.53 Å². The summed E-state index contributed by atoms with van der Waals surface area (Å²) < 4.78 is 4.70. The number of likely N-dealkylation sites (N-methyl/N-ethyl adjacent to an activating group) is 1. The molecule has 0 bridgehead atoms. The van der Waals surface area contributed by atoms with Crippen LogP contribution in [0.1, 0.15) is 17.3 Å². The zero-order valence-electron chi connectivity index (χ0n) is 9.91. The molecule has 1 rings (SSSR count). The summed E-state index contributed by atoms with van der Waals surface area (Å²) in [6.07, 6.45) is 0. The Balaban J connectivity index is 2.68. The van der Waals surface area contributed by atoms with E-state index in [0.717, 1.165) is 16.2 Å². The summed E-state index contributed by atoms with van der Waals surface area (Å²) in [7, 11) is 1.43. The Morgan fingerprint density at radius 3 is 2.72 bits per heavy atom. The molecular weight excluding hydrogens is 260 g/mol. The molecule has 0 aliphatic carbocycles. The first-order valence-corrected chi connectivity index (χ1v) is 5.97. The van der Waals surface area contributed by atoms with Crippen molar-refractivity contribution in [2.45, 2.75) is 6.92 Å². The predicted octanol–water partition coefficient (Wildman–Crippen LogP) is 1.29. The number of nitro groups is 1. The molecule has 0 saturated heterocycles. The van der Waals surface area contributed by atoms with Crippen molar-refractivity contribution in [2.24, 2.45) is 0 Å². The maximum absolute atomic E-state index is 11.8. The summed E-state index contributed by atoms with van der Waals surface area (Å²) in [4.78, 5) is 34.1. The smallest absolute Gasteiger partial charge is 0.325 e. The predicted molar refractivity (Wildman–Crippen MR) is 64.6 cm³/mol. The van der Waals surface area contributed by atoms with E-state index in [4.69, 9.17) is 4.74 Å². The van der Waals surface area contributed by atoms with Crippen LogP contribution < -0.4 is 0 Å². The number of nitrogens with zero attached hydrogens (tertiary/aromatic N) is 2. The van der Waals surface area contributed by atoms with Crippen LogP contribution in [0.3, 0.4) is 0 Å². The van der Waals surface area contributed by atoms with Crippen molar-refractivity contribution >= 4 is 28.2 Å². The number of hydrogen-bond donors (Lipinski definition) is 0. The highest BCUT2D eigenvalue weighted by Gasteiger charge is 2.19. The number of hydrogen-bond acceptors (Lipinski definition) is 6. The Kier molecular flexibility index (Phi) is 4.78. The van der Waals surface area contributed by atoms with Gasteiger partial charge in [0.15, 0.2) is 0 Å². The normalized spacial score (nSPS) is 9.89. The highest BCUT2D eigenvalue weighted by Crippen LogP contribution is 2.23. The molecule has 1 aromatic rings. The molecule has 0 radical (unpaired) electrons. The van der Waals surface area contributed by atoms with Gasteiger partial charge in [0.25, 0.3) is 5.91 Å². The van der Waals surface area contributed by atoms with Crippen LogP contribution in [0.2, 0.25) is 0 Å². The highest BCUT2D eigenvalue weighted by molar-refractivity contribution is 7.13. The van der Waals surface area contributed by atoms with Crippen molar-refractivity contribution < 1.29 is 19.2 Å². The summed E-state index contributed by atoms with van der Waals surface area (Å²) in [5, 5.41) is 11.8. The molecule has 1 heterocycles. The van der Waals surface area contributed by atoms with Crippen LogP contribution in [-0.4, -0.2) is 41.9 Å². The third-order valence-corrected chi connectivity index (χ3v) is 2.91. The Hall–Kier alpha value is -1.96. The number of carbonyl (C=O) groups is 2. The van der Waals surface area contributed by atoms with E-state index in [1.54, 1.807) is 6.92 Å². The third-order valence-electron chi connectivity index (χ3n) is 2.03. The zero-order valence-corrected chi connectivity index (χ0v) is 10.7. The summed E-state index contributed by atoms with van der Waals surface area (Å²) in [6.45, 7) is 1.73. The number of esters is 1. The van der Waals surface area contributed by atoms with Gasteiger partial charge in [-0.3, -0.25) is 19.7 Å². The fourth-order valence-corrected chi connectivity index (χ4v) is 1.92. The van der Waals surface area contributed by atoms with Gasteiger partial charge in [0.1, 0.15) is 6.54 Å². The second-order valence-corrected chi connectivity index (χ2v) is 4.29. The maximum Gasteiger partial charge on any atom is 0.325 e. The highest BCUT2D eigenvalue weighted by atomic mass is 32.1. The zero-order chi connectivity index (χ0) is 13.7. The summed E-state index contributed by atoms with van der Waals surface area (Å²) in [5.74, 6) is -0.967. The molecule has 0 unspecified atom stereocenters. The lowest BCUT2D eigenvalue weighted by Gasteiger charge is -2.14. The first kappa shape index (κ1) is 14.1. The molecular formula is C10H12N2O5S. The van der Waals surface area contributed by atoms with Crippen molar-refractivity contribution in [3.63, 3.8) is 0 Å². The Morgan fingerprint density at radius 2 is 2.22 bits per heavy atom. The average Bonchev–Trinajstić information content (AvgIpc) is 2.77. The lowest BCUT2D eigenvalue weighted by molar-refractivity contribution is -0.380. The van der Waals surface area contributed by atoms with E-state index < -0.39 is 16.8 Å². The monoisotopic (exact) mass is 272 g/mol. The van der Waals surface area contributed by atoms with Gasteiger partial charge in [-0.05, 0) is 6.92 Å². The van der Waals surface area contributed by atoms with Crippen molar-refractivity contribution in [1.29, 1.82) is 0 Å². The van der Waals surface area contributed by atoms with Crippen LogP contribution >= 0.6 is 11.3 Å². The fourth-order valence-electron chi connectivity index (χ4n) is 1.23. The number of ether oxygens (including phenoxy) is 1. The van der Waals surface area contributed by atoms with E-state index in [9.17, 15) is 19.7 Å². The molecule has 0 aliphatic rings. The van der Waals surface area contributed by atoms with Crippen LogP contribution in [0.15, 0.2) is 11.4 Å². The second kappa shape index (κ2) is 6.10. The van der Waals surface area contributed by atoms with Gasteiger partial charge in [0, 0.05) is 18.5 Å². The van der Waals surface area contributed by atoms with Gasteiger partial charge in [-0.25, -0.2) is 0 Å². The van der Waals surface area contributed by atoms with Gasteiger partial charge in [-0.2, -0.15) is 0 Å². The first-order chi connectivity index (χ1) is 8.45. The van der Waals surface area contributed by atoms with E-state index >= 15 is 0 Å². The van der Waals surface area contributed by atoms with Crippen LogP contribution in [0.25, 0.3) is 0 Å². The maximum atomic E-state index is 11.8. The van der Waals surface area contributed by atoms with Gasteiger partial charge in [-0.15, -0.1) is 0 Å². The van der Waals surface area contributed by atoms with Crippen LogP contribution in [0.4, 0.5) is 5.00 Å². The van der Waals surface area contributed by atoms with Crippen molar-refractivity contribution in [3.8, 4) is 0 Å². The topological polar surface area (TPSA) is 89.8 Å². The van der Waals surface area contributed by atoms with Crippen LogP contribution in [0.5, 0.6) is 0 Å². The summed E-state index contributed by atoms with van der Waals surface area (Å²) in [5.41, 5.74) is 0.193. The Morgan fingerprint density at radius 1 is 1.56 bits per heavy atom. The standard InChI is InChI=1S/C10H12N2O5S/c1-3-17-9(13)5-11(2)10(14)7-4-8(12(15)16)18-6-7/h4,6H,3,5H2,1-2H3. The fraction of sp³-hybridized carbons (Fsp3) is 0.400. The quantitative estimate of drug-likeness (QED) is 0.457. The number of thiophene rings is 1. The molecule has 1 aromatic heterocycles. The molecule has 0 N–H and O–H groups in total. The Bertz CT molecular complexity index is 471. The molecule has 0 spiro atoms. The van der Waals surface area contributed by atoms with Crippen molar-refractivity contribution in [2.75, 3.05) is 20.2 Å². The SMILES string of the molecule is CCOC(=O)CN(C)C(=O)c1csc([N+](=O)[O-])c1. The van der Waals surface area contributed by atoms with Gasteiger partial charge in [0.05, 0.1) is 17.1 Å². The minimum absolute atomic E-state index is 0.108. The summed E-state index contributed by atoms with van der Waals surface area (Å²) in [6, 6.07) is 1.19. The van der Waals surface area contributed by atoms with E-state index in [1.165, 1.54) is 18.5 Å². The largest absolute Gasteiger partial charge is 0.465 e. The molecule has 1 amide bonds. The molecule has 0 saturated carbocycles. The van der Waals surface area contributed by atoms with Gasteiger partial charge in [-0.1, -0.05) is 11.3 Å². The molecule has 8 heteroatoms. The molecule has 18 heavy (non-hydrogen) atoms. The minimum atomic E-state index is -0.563. The van der Waals surface area contributed by atoms with Gasteiger partial charge in [0.2, 0.25) is 0 Å². The lowest BCUT2D eigenvalue weighted by Crippen LogP contribution is -2.32. The third kappa shape index (κ3) is 3.52. The van der Waals surface area contributed by atoms with Gasteiger partial charge < -0.3 is 9.64 Å². The van der Waals surface area contributed by atoms with Crippen molar-refractivity contribution in [1.82, 2.24) is 4.90 Å². The van der Waals surface area contributed by atoms with E-state index in [-0.39, 0.29) is 23.7 Å². The molecule has 0 atom stereocenters. The molecule has 98 valence electrons. The van der Waals surface area contributed by atoms with Crippen molar-refractivity contribution in [3.05, 3.63) is 27.1 Å². The molecule has 0 fully saturated rings. The minimum Gasteiger partial charge on any atom is -0.465 e. The number of rotatable bonds is 5. The second-order valence-electron chi connectivity index (χ2n) is 3.40. The number of carbonyl (C=O) groups excluding carboxylic acids is 2. The van der Waals surface area contributed by atoms with Gasteiger partial charge >= 0.3 is 11.0 Å². The molecule has 7 nitrogen and oxygen atoms in total. The number of amides is 1. The van der Waals surface area contributed by atoms with E-state index in [2.05, 4.69) is 0 Å². The molecule has 0 aromatic carbocycles. The average molecular weight is 272 g/mol. The van der Waals surface area contributed by atoms with E-state index in [1.807, 2.05) is 0 Å². The van der Waals surface area contributed by atoms with E-state index in [0.29, 0.717) is 0 Å². The van der Waals surface area contributed by atoms with Crippen LogP contribution in [0, 0.1) is 10.1 Å². The first-order valence-electron chi connectivity index (χ1n) is 5.09. The molecule has 0 aliphatic heterocycles. The Labute approximate surface area is 107 Å². The summed E-state index contributed by atoms with van der Waals surface area (Å²) >= 11 is 0.870.